The van der Waals surface area contributed by atoms with E-state index < -0.39 is 0 Å². The van der Waals surface area contributed by atoms with Gasteiger partial charge >= 0.3 is 0 Å². The summed E-state index contributed by atoms with van der Waals surface area (Å²) in [6, 6.07) is 8.58. The summed E-state index contributed by atoms with van der Waals surface area (Å²) in [4.78, 5) is 0. The van der Waals surface area contributed by atoms with Crippen LogP contribution in [0.1, 0.15) is 26.3 Å². The second kappa shape index (κ2) is 9.51. The van der Waals surface area contributed by atoms with E-state index in [4.69, 9.17) is 4.74 Å². The molecule has 19 heavy (non-hydrogen) atoms. The van der Waals surface area contributed by atoms with E-state index in [0.29, 0.717) is 11.8 Å². The average molecular weight is 328 g/mol. The minimum Gasteiger partial charge on any atom is -0.381 e. The molecule has 0 bridgehead atoms. The fourth-order valence-electron chi connectivity index (χ4n) is 2.00. The summed E-state index contributed by atoms with van der Waals surface area (Å²) in [6.45, 7) is 10.2. The zero-order valence-electron chi connectivity index (χ0n) is 12.3. The van der Waals surface area contributed by atoms with Crippen molar-refractivity contribution in [3.8, 4) is 0 Å². The van der Waals surface area contributed by atoms with Gasteiger partial charge in [0.1, 0.15) is 0 Å². The normalized spacial score (nSPS) is 12.9. The Labute approximate surface area is 126 Å². The van der Waals surface area contributed by atoms with Gasteiger partial charge in [-0.05, 0) is 49.4 Å². The first-order valence-corrected chi connectivity index (χ1v) is 7.94. The zero-order valence-corrected chi connectivity index (χ0v) is 13.9. The van der Waals surface area contributed by atoms with Gasteiger partial charge in [-0.3, -0.25) is 0 Å². The van der Waals surface area contributed by atoms with E-state index in [9.17, 15) is 0 Å². The van der Waals surface area contributed by atoms with Gasteiger partial charge in [-0.25, -0.2) is 0 Å². The van der Waals surface area contributed by atoms with Gasteiger partial charge in [-0.15, -0.1) is 0 Å². The van der Waals surface area contributed by atoms with E-state index in [0.717, 1.165) is 37.2 Å². The molecule has 0 aromatic heterocycles. The summed E-state index contributed by atoms with van der Waals surface area (Å²) in [5.41, 5.74) is 1.37. The molecule has 0 saturated carbocycles. The number of halogens is 1. The third-order valence-electron chi connectivity index (χ3n) is 2.98. The van der Waals surface area contributed by atoms with Gasteiger partial charge in [0.2, 0.25) is 0 Å². The molecule has 108 valence electrons. The van der Waals surface area contributed by atoms with Crippen molar-refractivity contribution in [2.45, 2.75) is 27.2 Å². The highest BCUT2D eigenvalue weighted by Crippen LogP contribution is 2.14. The summed E-state index contributed by atoms with van der Waals surface area (Å²) >= 11 is 3.47. The van der Waals surface area contributed by atoms with Crippen molar-refractivity contribution in [3.05, 3.63) is 34.3 Å². The molecule has 0 heterocycles. The standard InChI is InChI=1S/C16H26BrNO/c1-4-19-12-15(11-18-10-13(2)3)9-14-5-7-16(17)8-6-14/h5-8,13,15,18H,4,9-12H2,1-3H3. The number of rotatable bonds is 9. The third kappa shape index (κ3) is 7.71. The number of hydrogen-bond donors (Lipinski definition) is 1. The highest BCUT2D eigenvalue weighted by Gasteiger charge is 2.10. The van der Waals surface area contributed by atoms with Crippen LogP contribution in [0.5, 0.6) is 0 Å². The quantitative estimate of drug-likeness (QED) is 0.742. The van der Waals surface area contributed by atoms with Crippen LogP contribution in [0.25, 0.3) is 0 Å². The summed E-state index contributed by atoms with van der Waals surface area (Å²) in [5.74, 6) is 1.24. The molecular formula is C16H26BrNO. The molecule has 0 amide bonds. The second-order valence-electron chi connectivity index (χ2n) is 5.41. The van der Waals surface area contributed by atoms with Crippen LogP contribution in [0, 0.1) is 11.8 Å². The lowest BCUT2D eigenvalue weighted by molar-refractivity contribution is 0.109. The largest absolute Gasteiger partial charge is 0.381 e. The van der Waals surface area contributed by atoms with Gasteiger partial charge in [-0.1, -0.05) is 41.9 Å². The second-order valence-corrected chi connectivity index (χ2v) is 6.32. The van der Waals surface area contributed by atoms with Crippen molar-refractivity contribution in [1.82, 2.24) is 5.32 Å². The van der Waals surface area contributed by atoms with Gasteiger partial charge in [-0.2, -0.15) is 0 Å². The maximum Gasteiger partial charge on any atom is 0.0509 e. The van der Waals surface area contributed by atoms with Gasteiger partial charge in [0.15, 0.2) is 0 Å². The lowest BCUT2D eigenvalue weighted by Gasteiger charge is -2.18. The van der Waals surface area contributed by atoms with E-state index in [-0.39, 0.29) is 0 Å². The van der Waals surface area contributed by atoms with Gasteiger partial charge in [0, 0.05) is 17.6 Å². The molecule has 1 rings (SSSR count). The van der Waals surface area contributed by atoms with E-state index in [2.05, 4.69) is 66.3 Å². The van der Waals surface area contributed by atoms with Crippen LogP contribution in [-0.4, -0.2) is 26.3 Å². The first kappa shape index (κ1) is 16.7. The Kier molecular flexibility index (Phi) is 8.35. The topological polar surface area (TPSA) is 21.3 Å². The molecule has 3 heteroatoms. The fourth-order valence-corrected chi connectivity index (χ4v) is 2.27. The molecule has 0 fully saturated rings. The maximum absolute atomic E-state index is 5.60. The summed E-state index contributed by atoms with van der Waals surface area (Å²) < 4.78 is 6.73. The molecular weight excluding hydrogens is 302 g/mol. The van der Waals surface area contributed by atoms with Crippen LogP contribution >= 0.6 is 15.9 Å². The van der Waals surface area contributed by atoms with Gasteiger partial charge in [0.05, 0.1) is 6.61 Å². The van der Waals surface area contributed by atoms with Crippen LogP contribution in [0.3, 0.4) is 0 Å². The van der Waals surface area contributed by atoms with E-state index in [1.165, 1.54) is 5.56 Å². The Morgan fingerprint density at radius 1 is 1.16 bits per heavy atom. The highest BCUT2D eigenvalue weighted by molar-refractivity contribution is 9.10. The Balaban J connectivity index is 2.45. The Morgan fingerprint density at radius 2 is 1.84 bits per heavy atom. The Morgan fingerprint density at radius 3 is 2.42 bits per heavy atom. The van der Waals surface area contributed by atoms with Crippen molar-refractivity contribution < 1.29 is 4.74 Å². The minimum atomic E-state index is 0.542. The average Bonchev–Trinajstić information content (AvgIpc) is 2.38. The smallest absolute Gasteiger partial charge is 0.0509 e. The van der Waals surface area contributed by atoms with Gasteiger partial charge < -0.3 is 10.1 Å². The minimum absolute atomic E-state index is 0.542. The number of ether oxygens (including phenoxy) is 1. The Hall–Kier alpha value is -0.380. The fraction of sp³-hybridized carbons (Fsp3) is 0.625. The van der Waals surface area contributed by atoms with Crippen molar-refractivity contribution in [2.24, 2.45) is 11.8 Å². The first-order chi connectivity index (χ1) is 9.11. The Bertz CT molecular complexity index is 337. The monoisotopic (exact) mass is 327 g/mol. The molecule has 0 radical (unpaired) electrons. The molecule has 2 nitrogen and oxygen atoms in total. The molecule has 1 N–H and O–H groups in total. The van der Waals surface area contributed by atoms with E-state index >= 15 is 0 Å². The zero-order chi connectivity index (χ0) is 14.1. The third-order valence-corrected chi connectivity index (χ3v) is 3.51. The molecule has 1 aromatic carbocycles. The summed E-state index contributed by atoms with van der Waals surface area (Å²) in [5, 5.41) is 3.54. The van der Waals surface area contributed by atoms with Crippen molar-refractivity contribution in [2.75, 3.05) is 26.3 Å². The lowest BCUT2D eigenvalue weighted by Crippen LogP contribution is -2.30. The van der Waals surface area contributed by atoms with Crippen molar-refractivity contribution in [3.63, 3.8) is 0 Å². The van der Waals surface area contributed by atoms with E-state index in [1.54, 1.807) is 0 Å². The predicted molar refractivity (Wildman–Crippen MR) is 85.5 cm³/mol. The lowest BCUT2D eigenvalue weighted by atomic mass is 10.00. The van der Waals surface area contributed by atoms with Crippen LogP contribution in [0.4, 0.5) is 0 Å². The van der Waals surface area contributed by atoms with Crippen LogP contribution < -0.4 is 5.32 Å². The molecule has 0 aliphatic carbocycles. The molecule has 0 aliphatic rings. The van der Waals surface area contributed by atoms with Crippen molar-refractivity contribution in [1.29, 1.82) is 0 Å². The first-order valence-electron chi connectivity index (χ1n) is 7.14. The number of nitrogens with one attached hydrogen (secondary N) is 1. The SMILES string of the molecule is CCOCC(CNCC(C)C)Cc1ccc(Br)cc1. The highest BCUT2D eigenvalue weighted by atomic mass is 79.9. The van der Waals surface area contributed by atoms with Crippen molar-refractivity contribution >= 4 is 15.9 Å². The summed E-state index contributed by atoms with van der Waals surface area (Å²) in [7, 11) is 0. The van der Waals surface area contributed by atoms with Crippen LogP contribution in [0.15, 0.2) is 28.7 Å². The predicted octanol–water partition coefficient (Wildman–Crippen LogP) is 3.89. The van der Waals surface area contributed by atoms with Gasteiger partial charge in [0.25, 0.3) is 0 Å². The number of hydrogen-bond acceptors (Lipinski definition) is 2. The maximum atomic E-state index is 5.60. The number of benzene rings is 1. The molecule has 0 aliphatic heterocycles. The molecule has 1 aromatic rings. The molecule has 0 saturated heterocycles. The molecule has 1 unspecified atom stereocenters. The summed E-state index contributed by atoms with van der Waals surface area (Å²) in [6.07, 6.45) is 1.07. The van der Waals surface area contributed by atoms with Crippen LogP contribution in [-0.2, 0) is 11.2 Å². The molecule has 1 atom stereocenters. The van der Waals surface area contributed by atoms with E-state index in [1.807, 2.05) is 0 Å². The van der Waals surface area contributed by atoms with Crippen LogP contribution in [0.2, 0.25) is 0 Å². The molecule has 0 spiro atoms.